The molecule has 0 spiro atoms. The summed E-state index contributed by atoms with van der Waals surface area (Å²) in [5, 5.41) is 11.0. The van der Waals surface area contributed by atoms with Gasteiger partial charge in [-0.25, -0.2) is 0 Å². The second-order valence-corrected chi connectivity index (χ2v) is 10.8. The van der Waals surface area contributed by atoms with Gasteiger partial charge in [0.15, 0.2) is 11.0 Å². The zero-order valence-electron chi connectivity index (χ0n) is 20.7. The van der Waals surface area contributed by atoms with E-state index in [-0.39, 0.29) is 5.91 Å². The van der Waals surface area contributed by atoms with Crippen molar-refractivity contribution in [2.45, 2.75) is 24.0 Å². The van der Waals surface area contributed by atoms with Crippen LogP contribution in [0.2, 0.25) is 0 Å². The van der Waals surface area contributed by atoms with Gasteiger partial charge in [0.25, 0.3) is 5.91 Å². The highest BCUT2D eigenvalue weighted by molar-refractivity contribution is 7.98. The second kappa shape index (κ2) is 11.3. The number of amides is 1. The van der Waals surface area contributed by atoms with E-state index in [2.05, 4.69) is 22.0 Å². The molecule has 0 aliphatic carbocycles. The van der Waals surface area contributed by atoms with Crippen molar-refractivity contribution in [1.82, 2.24) is 24.6 Å². The first-order valence-corrected chi connectivity index (χ1v) is 14.1. The lowest BCUT2D eigenvalue weighted by Gasteiger charge is -2.34. The molecule has 0 N–H and O–H groups in total. The maximum absolute atomic E-state index is 13.5. The Morgan fingerprint density at radius 1 is 1.00 bits per heavy atom. The normalized spacial score (nSPS) is 14.7. The Balaban J connectivity index is 1.38. The third kappa shape index (κ3) is 5.79. The lowest BCUT2D eigenvalue weighted by Crippen LogP contribution is -2.48. The van der Waals surface area contributed by atoms with Crippen molar-refractivity contribution in [3.05, 3.63) is 82.7 Å². The molecule has 0 radical (unpaired) electrons. The van der Waals surface area contributed by atoms with Crippen LogP contribution >= 0.6 is 23.1 Å². The molecule has 1 amide bonds. The van der Waals surface area contributed by atoms with Crippen molar-refractivity contribution in [3.8, 4) is 16.4 Å². The largest absolute Gasteiger partial charge is 0.416 e. The van der Waals surface area contributed by atoms with Gasteiger partial charge in [0, 0.05) is 37.5 Å². The lowest BCUT2D eigenvalue weighted by molar-refractivity contribution is -0.137. The van der Waals surface area contributed by atoms with E-state index in [1.165, 1.54) is 29.2 Å². The molecule has 2 aromatic carbocycles. The van der Waals surface area contributed by atoms with E-state index in [1.54, 1.807) is 10.6 Å². The average Bonchev–Trinajstić information content (AvgIpc) is 3.61. The third-order valence-electron chi connectivity index (χ3n) is 6.46. The van der Waals surface area contributed by atoms with Crippen molar-refractivity contribution in [1.29, 1.82) is 0 Å². The second-order valence-electron chi connectivity index (χ2n) is 8.88. The number of thioether (sulfide) groups is 1. The molecule has 0 unspecified atom stereocenters. The van der Waals surface area contributed by atoms with E-state index in [0.717, 1.165) is 42.2 Å². The monoisotopic (exact) mass is 557 g/mol. The van der Waals surface area contributed by atoms with Gasteiger partial charge in [-0.2, -0.15) is 13.2 Å². The number of rotatable bonds is 7. The van der Waals surface area contributed by atoms with Gasteiger partial charge in [-0.3, -0.25) is 9.36 Å². The Labute approximate surface area is 227 Å². The third-order valence-corrected chi connectivity index (χ3v) is 8.32. The van der Waals surface area contributed by atoms with E-state index < -0.39 is 11.7 Å². The number of hydrogen-bond acceptors (Lipinski definition) is 6. The Bertz CT molecular complexity index is 1400. The van der Waals surface area contributed by atoms with Crippen molar-refractivity contribution in [3.63, 3.8) is 0 Å². The highest BCUT2D eigenvalue weighted by Crippen LogP contribution is 2.35. The fraction of sp³-hybridized carbons (Fsp3) is 0.296. The fourth-order valence-corrected chi connectivity index (χ4v) is 5.97. The Kier molecular flexibility index (Phi) is 7.87. The van der Waals surface area contributed by atoms with E-state index in [9.17, 15) is 18.0 Å². The molecule has 1 aliphatic heterocycles. The molecule has 0 saturated carbocycles. The Morgan fingerprint density at radius 3 is 2.50 bits per heavy atom. The summed E-state index contributed by atoms with van der Waals surface area (Å²) in [5.74, 6) is 0.975. The van der Waals surface area contributed by atoms with Crippen molar-refractivity contribution in [2.24, 2.45) is 0 Å². The summed E-state index contributed by atoms with van der Waals surface area (Å²) in [6.07, 6.45) is -4.46. The molecule has 198 valence electrons. The molecule has 6 nitrogen and oxygen atoms in total. The van der Waals surface area contributed by atoms with E-state index >= 15 is 0 Å². The summed E-state index contributed by atoms with van der Waals surface area (Å²) < 4.78 is 42.0. The summed E-state index contributed by atoms with van der Waals surface area (Å²) in [7, 11) is 0. The van der Waals surface area contributed by atoms with Crippen molar-refractivity contribution in [2.75, 3.05) is 32.7 Å². The van der Waals surface area contributed by atoms with E-state index in [4.69, 9.17) is 0 Å². The summed E-state index contributed by atoms with van der Waals surface area (Å²) in [6, 6.07) is 16.4. The van der Waals surface area contributed by atoms with Crippen LogP contribution in [0.15, 0.2) is 71.2 Å². The molecule has 2 aromatic heterocycles. The van der Waals surface area contributed by atoms with Gasteiger partial charge in [-0.15, -0.1) is 21.5 Å². The number of hydrogen-bond donors (Lipinski definition) is 0. The number of likely N-dealkylation sites (N-methyl/N-ethyl adjacent to an activating group) is 1. The molecule has 11 heteroatoms. The number of halogens is 3. The topological polar surface area (TPSA) is 54.3 Å². The first-order valence-electron chi connectivity index (χ1n) is 12.2. The maximum Gasteiger partial charge on any atom is 0.416 e. The highest BCUT2D eigenvalue weighted by atomic mass is 32.2. The van der Waals surface area contributed by atoms with Gasteiger partial charge in [0.05, 0.1) is 16.1 Å². The minimum atomic E-state index is -4.46. The van der Waals surface area contributed by atoms with Crippen molar-refractivity contribution < 1.29 is 18.0 Å². The lowest BCUT2D eigenvalue weighted by atomic mass is 10.1. The number of piperazine rings is 1. The number of benzene rings is 2. The fourth-order valence-electron chi connectivity index (χ4n) is 4.37. The minimum absolute atomic E-state index is 0.0136. The Hall–Kier alpha value is -3.15. The molecule has 1 aliphatic rings. The van der Waals surface area contributed by atoms with E-state index in [1.807, 2.05) is 46.7 Å². The van der Waals surface area contributed by atoms with Gasteiger partial charge in [0.1, 0.15) is 0 Å². The molecule has 4 aromatic rings. The highest BCUT2D eigenvalue weighted by Gasteiger charge is 2.31. The quantitative estimate of drug-likeness (QED) is 0.258. The molecule has 1 saturated heterocycles. The van der Waals surface area contributed by atoms with Gasteiger partial charge < -0.3 is 9.80 Å². The van der Waals surface area contributed by atoms with Gasteiger partial charge in [-0.1, -0.05) is 43.0 Å². The molecule has 5 rings (SSSR count). The van der Waals surface area contributed by atoms with Crippen LogP contribution in [0.25, 0.3) is 16.4 Å². The van der Waals surface area contributed by atoms with Crippen LogP contribution in [0, 0.1) is 0 Å². The smallest absolute Gasteiger partial charge is 0.336 e. The number of carbonyl (C=O) groups is 1. The summed E-state index contributed by atoms with van der Waals surface area (Å²) in [6.45, 7) is 6.25. The van der Waals surface area contributed by atoms with Gasteiger partial charge >= 0.3 is 6.18 Å². The first kappa shape index (κ1) is 26.5. The molecule has 3 heterocycles. The maximum atomic E-state index is 13.5. The first-order chi connectivity index (χ1) is 18.3. The zero-order valence-corrected chi connectivity index (χ0v) is 22.3. The van der Waals surface area contributed by atoms with Crippen LogP contribution < -0.4 is 0 Å². The minimum Gasteiger partial charge on any atom is -0.336 e. The van der Waals surface area contributed by atoms with Gasteiger partial charge in [0.2, 0.25) is 0 Å². The van der Waals surface area contributed by atoms with Crippen LogP contribution in [0.5, 0.6) is 0 Å². The SMILES string of the molecule is CCN1CCN(C(=O)c2cccc(CSc3nnc(-c4cccs4)n3-c3cccc(C(F)(F)F)c3)c2)CC1. The number of alkyl halides is 3. The number of nitrogens with zero attached hydrogens (tertiary/aromatic N) is 5. The number of carbonyl (C=O) groups excluding carboxylic acids is 1. The van der Waals surface area contributed by atoms with Crippen LogP contribution in [0.4, 0.5) is 13.2 Å². The zero-order chi connectivity index (χ0) is 26.7. The van der Waals surface area contributed by atoms with Gasteiger partial charge in [-0.05, 0) is 53.9 Å². The standard InChI is InChI=1S/C27H26F3N5OS2/c1-2-33-11-13-34(14-12-33)25(36)20-7-3-6-19(16-20)18-38-26-32-31-24(23-10-5-15-37-23)35(26)22-9-4-8-21(17-22)27(28,29)30/h3-10,15-17H,2,11-14,18H2,1H3. The molecule has 0 bridgehead atoms. The number of thiophene rings is 1. The molecule has 38 heavy (non-hydrogen) atoms. The van der Waals surface area contributed by atoms with Crippen molar-refractivity contribution >= 4 is 29.0 Å². The average molecular weight is 558 g/mol. The molecule has 0 atom stereocenters. The predicted octanol–water partition coefficient (Wildman–Crippen LogP) is 6.08. The molecular weight excluding hydrogens is 531 g/mol. The summed E-state index contributed by atoms with van der Waals surface area (Å²) in [5.41, 5.74) is 1.16. The summed E-state index contributed by atoms with van der Waals surface area (Å²) in [4.78, 5) is 18.1. The molecule has 1 fully saturated rings. The van der Waals surface area contributed by atoms with Crippen LogP contribution in [0.1, 0.15) is 28.4 Å². The van der Waals surface area contributed by atoms with Crippen LogP contribution in [0.3, 0.4) is 0 Å². The van der Waals surface area contributed by atoms with Crippen LogP contribution in [-0.4, -0.2) is 63.2 Å². The predicted molar refractivity (Wildman–Crippen MR) is 144 cm³/mol. The Morgan fingerprint density at radius 2 is 1.79 bits per heavy atom. The van der Waals surface area contributed by atoms with Crippen LogP contribution in [-0.2, 0) is 11.9 Å². The van der Waals surface area contributed by atoms with E-state index in [0.29, 0.717) is 41.1 Å². The number of aromatic nitrogens is 3. The summed E-state index contributed by atoms with van der Waals surface area (Å²) >= 11 is 2.81. The molecular formula is C27H26F3N5OS2.